The second-order valence-electron chi connectivity index (χ2n) is 8.40. The molecule has 186 valence electrons. The molecule has 0 saturated heterocycles. The van der Waals surface area contributed by atoms with E-state index in [-0.39, 0.29) is 24.7 Å². The van der Waals surface area contributed by atoms with Gasteiger partial charge in [-0.15, -0.1) is 0 Å². The van der Waals surface area contributed by atoms with Crippen LogP contribution < -0.4 is 5.73 Å². The summed E-state index contributed by atoms with van der Waals surface area (Å²) in [7, 11) is 0. The van der Waals surface area contributed by atoms with Crippen molar-refractivity contribution in [2.75, 3.05) is 19.8 Å². The highest BCUT2D eigenvalue weighted by atomic mass is 16.7. The first-order valence-corrected chi connectivity index (χ1v) is 13.0. The van der Waals surface area contributed by atoms with Crippen LogP contribution in [0, 0.1) is 0 Å². The molecular weight excluding hydrogens is 390 g/mol. The van der Waals surface area contributed by atoms with E-state index in [4.69, 9.17) is 24.7 Å². The van der Waals surface area contributed by atoms with E-state index in [9.17, 15) is 0 Å². The van der Waals surface area contributed by atoms with Crippen LogP contribution in [0.4, 0.5) is 0 Å². The molecule has 0 heterocycles. The van der Waals surface area contributed by atoms with Crippen molar-refractivity contribution in [3.63, 3.8) is 0 Å². The molecule has 0 fully saturated rings. The highest BCUT2D eigenvalue weighted by Gasteiger charge is 2.20. The minimum atomic E-state index is -0.294. The SMILES string of the molecule is CCCCCCCCCCCCCC=CC(OC(C)OCC)C(N)COC(C)OCC. The summed E-state index contributed by atoms with van der Waals surface area (Å²) in [5.74, 6) is 0. The van der Waals surface area contributed by atoms with Gasteiger partial charge < -0.3 is 24.7 Å². The van der Waals surface area contributed by atoms with E-state index in [0.29, 0.717) is 19.8 Å². The molecule has 0 aromatic carbocycles. The second kappa shape index (κ2) is 22.7. The van der Waals surface area contributed by atoms with Crippen LogP contribution >= 0.6 is 0 Å². The standard InChI is InChI=1S/C26H53NO4/c1-6-9-10-11-12-13-14-15-16-17-18-19-20-21-26(31-24(5)29-8-3)25(27)22-30-23(4)28-7-2/h20-21,23-26H,6-19,22,27H2,1-5H3. The van der Waals surface area contributed by atoms with Crippen molar-refractivity contribution in [2.45, 2.75) is 136 Å². The Kier molecular flexibility index (Phi) is 22.4. The molecule has 5 nitrogen and oxygen atoms in total. The average Bonchev–Trinajstić information content (AvgIpc) is 2.74. The summed E-state index contributed by atoms with van der Waals surface area (Å²) in [5.41, 5.74) is 6.34. The van der Waals surface area contributed by atoms with Gasteiger partial charge in [0, 0.05) is 13.2 Å². The third kappa shape index (κ3) is 19.9. The maximum Gasteiger partial charge on any atom is 0.155 e. The van der Waals surface area contributed by atoms with Crippen molar-refractivity contribution in [2.24, 2.45) is 5.73 Å². The molecule has 0 saturated carbocycles. The average molecular weight is 444 g/mol. The molecule has 0 aromatic rings. The number of nitrogens with two attached hydrogens (primary N) is 1. The fourth-order valence-electron chi connectivity index (χ4n) is 3.57. The van der Waals surface area contributed by atoms with Gasteiger partial charge in [0.25, 0.3) is 0 Å². The Labute approximate surface area is 193 Å². The molecule has 31 heavy (non-hydrogen) atoms. The van der Waals surface area contributed by atoms with Crippen molar-refractivity contribution in [1.29, 1.82) is 0 Å². The van der Waals surface area contributed by atoms with Gasteiger partial charge in [-0.2, -0.15) is 0 Å². The summed E-state index contributed by atoms with van der Waals surface area (Å²) in [6, 6.07) is -0.264. The van der Waals surface area contributed by atoms with Crippen LogP contribution in [0.1, 0.15) is 112 Å². The molecule has 0 aliphatic heterocycles. The maximum absolute atomic E-state index is 6.34. The largest absolute Gasteiger partial charge is 0.353 e. The number of rotatable bonds is 23. The van der Waals surface area contributed by atoms with E-state index in [1.807, 2.05) is 27.7 Å². The number of allylic oxidation sites excluding steroid dienone is 1. The van der Waals surface area contributed by atoms with E-state index < -0.39 is 0 Å². The third-order valence-electron chi connectivity index (χ3n) is 5.40. The predicted octanol–water partition coefficient (Wildman–Crippen LogP) is 6.74. The lowest BCUT2D eigenvalue weighted by molar-refractivity contribution is -0.166. The Bertz CT molecular complexity index is 392. The number of hydrogen-bond donors (Lipinski definition) is 1. The molecule has 0 amide bonds. The van der Waals surface area contributed by atoms with Crippen molar-refractivity contribution in [3.05, 3.63) is 12.2 Å². The molecule has 5 heteroatoms. The summed E-state index contributed by atoms with van der Waals surface area (Å²) in [4.78, 5) is 0. The van der Waals surface area contributed by atoms with Gasteiger partial charge in [-0.05, 0) is 40.5 Å². The van der Waals surface area contributed by atoms with Crippen molar-refractivity contribution < 1.29 is 18.9 Å². The first-order chi connectivity index (χ1) is 15.0. The van der Waals surface area contributed by atoms with Crippen LogP contribution in [0.5, 0.6) is 0 Å². The number of hydrogen-bond acceptors (Lipinski definition) is 5. The van der Waals surface area contributed by atoms with Crippen molar-refractivity contribution >= 4 is 0 Å². The normalized spacial score (nSPS) is 15.9. The van der Waals surface area contributed by atoms with Crippen LogP contribution in [0.2, 0.25) is 0 Å². The van der Waals surface area contributed by atoms with E-state index in [1.165, 1.54) is 70.6 Å². The Balaban J connectivity index is 4.07. The van der Waals surface area contributed by atoms with E-state index in [1.54, 1.807) is 0 Å². The van der Waals surface area contributed by atoms with Gasteiger partial charge in [0.15, 0.2) is 12.6 Å². The summed E-state index contributed by atoms with van der Waals surface area (Å²) < 4.78 is 22.6. The van der Waals surface area contributed by atoms with Crippen LogP contribution in [0.3, 0.4) is 0 Å². The molecule has 0 bridgehead atoms. The molecule has 0 spiro atoms. The van der Waals surface area contributed by atoms with Crippen molar-refractivity contribution in [3.8, 4) is 0 Å². The fourth-order valence-corrected chi connectivity index (χ4v) is 3.57. The molecule has 2 N–H and O–H groups in total. The lowest BCUT2D eigenvalue weighted by Gasteiger charge is -2.26. The highest BCUT2D eigenvalue weighted by Crippen LogP contribution is 2.13. The summed E-state index contributed by atoms with van der Waals surface area (Å²) in [5, 5.41) is 0. The number of ether oxygens (including phenoxy) is 4. The third-order valence-corrected chi connectivity index (χ3v) is 5.40. The predicted molar refractivity (Wildman–Crippen MR) is 131 cm³/mol. The zero-order valence-electron chi connectivity index (χ0n) is 21.3. The van der Waals surface area contributed by atoms with Gasteiger partial charge in [-0.25, -0.2) is 0 Å². The van der Waals surface area contributed by atoms with Crippen LogP contribution in [-0.4, -0.2) is 44.5 Å². The van der Waals surface area contributed by atoms with E-state index in [2.05, 4.69) is 19.1 Å². The van der Waals surface area contributed by atoms with E-state index in [0.717, 1.165) is 6.42 Å². The van der Waals surface area contributed by atoms with Gasteiger partial charge in [0.2, 0.25) is 0 Å². The quantitative estimate of drug-likeness (QED) is 0.108. The first kappa shape index (κ1) is 30.5. The van der Waals surface area contributed by atoms with Gasteiger partial charge in [0.1, 0.15) is 0 Å². The molecule has 0 radical (unpaired) electrons. The van der Waals surface area contributed by atoms with Gasteiger partial charge in [-0.1, -0.05) is 83.3 Å². The molecule has 0 aliphatic rings. The minimum absolute atomic E-state index is 0.233. The molecule has 0 rings (SSSR count). The Morgan fingerprint density at radius 1 is 0.677 bits per heavy atom. The van der Waals surface area contributed by atoms with Crippen molar-refractivity contribution in [1.82, 2.24) is 0 Å². The Morgan fingerprint density at radius 2 is 1.19 bits per heavy atom. The van der Waals surface area contributed by atoms with Crippen LogP contribution in [0.25, 0.3) is 0 Å². The maximum atomic E-state index is 6.34. The van der Waals surface area contributed by atoms with Crippen LogP contribution in [0.15, 0.2) is 12.2 Å². The summed E-state index contributed by atoms with van der Waals surface area (Å²) in [6.07, 6.45) is 19.5. The molecular formula is C26H53NO4. The summed E-state index contributed by atoms with van der Waals surface area (Å²) in [6.45, 7) is 11.6. The molecule has 0 aliphatic carbocycles. The summed E-state index contributed by atoms with van der Waals surface area (Å²) >= 11 is 0. The molecule has 0 aromatic heterocycles. The molecule has 4 unspecified atom stereocenters. The lowest BCUT2D eigenvalue weighted by atomic mass is 10.0. The lowest BCUT2D eigenvalue weighted by Crippen LogP contribution is -2.42. The fraction of sp³-hybridized carbons (Fsp3) is 0.923. The van der Waals surface area contributed by atoms with E-state index >= 15 is 0 Å². The Morgan fingerprint density at radius 3 is 1.74 bits per heavy atom. The zero-order chi connectivity index (χ0) is 23.2. The number of unbranched alkanes of at least 4 members (excludes halogenated alkanes) is 11. The zero-order valence-corrected chi connectivity index (χ0v) is 21.3. The minimum Gasteiger partial charge on any atom is -0.353 e. The van der Waals surface area contributed by atoms with Gasteiger partial charge in [0.05, 0.1) is 18.8 Å². The topological polar surface area (TPSA) is 62.9 Å². The highest BCUT2D eigenvalue weighted by molar-refractivity contribution is 4.95. The Hall–Kier alpha value is -0.460. The van der Waals surface area contributed by atoms with Gasteiger partial charge in [-0.3, -0.25) is 0 Å². The first-order valence-electron chi connectivity index (χ1n) is 13.0. The molecule has 4 atom stereocenters. The second-order valence-corrected chi connectivity index (χ2v) is 8.40. The van der Waals surface area contributed by atoms with Crippen LogP contribution in [-0.2, 0) is 18.9 Å². The smallest absolute Gasteiger partial charge is 0.155 e. The monoisotopic (exact) mass is 443 g/mol. The van der Waals surface area contributed by atoms with Gasteiger partial charge >= 0.3 is 0 Å².